The van der Waals surface area contributed by atoms with E-state index in [2.05, 4.69) is 10.6 Å². The highest BCUT2D eigenvalue weighted by Gasteiger charge is 2.29. The highest BCUT2D eigenvalue weighted by Crippen LogP contribution is 2.30. The van der Waals surface area contributed by atoms with E-state index < -0.39 is 11.7 Å². The number of benzene rings is 2. The number of amides is 2. The minimum atomic E-state index is -0.438. The molecular weight excluding hydrogens is 347 g/mol. The summed E-state index contributed by atoms with van der Waals surface area (Å²) in [6.07, 6.45) is 1.88. The maximum atomic E-state index is 13.8. The molecule has 1 aromatic heterocycles. The van der Waals surface area contributed by atoms with Gasteiger partial charge >= 0.3 is 0 Å². The van der Waals surface area contributed by atoms with Crippen LogP contribution in [-0.4, -0.2) is 11.8 Å². The summed E-state index contributed by atoms with van der Waals surface area (Å²) in [6.45, 7) is 0. The predicted octanol–water partition coefficient (Wildman–Crippen LogP) is 4.69. The molecule has 0 spiro atoms. The van der Waals surface area contributed by atoms with Gasteiger partial charge in [-0.25, -0.2) is 4.39 Å². The number of rotatable bonds is 5. The van der Waals surface area contributed by atoms with Crippen LogP contribution in [0.4, 0.5) is 15.8 Å². The molecule has 136 valence electrons. The fraction of sp³-hybridized carbons (Fsp3) is 0.143. The molecule has 5 nitrogen and oxygen atoms in total. The fourth-order valence-corrected chi connectivity index (χ4v) is 2.69. The van der Waals surface area contributed by atoms with E-state index >= 15 is 0 Å². The average Bonchev–Trinajstić information content (AvgIpc) is 3.41. The van der Waals surface area contributed by atoms with E-state index in [1.54, 1.807) is 48.5 Å². The van der Waals surface area contributed by atoms with Crippen molar-refractivity contribution in [2.24, 2.45) is 5.92 Å². The van der Waals surface area contributed by atoms with Crippen LogP contribution in [0.15, 0.2) is 65.1 Å². The monoisotopic (exact) mass is 364 g/mol. The first kappa shape index (κ1) is 17.0. The molecule has 1 fully saturated rings. The first-order valence-electron chi connectivity index (χ1n) is 8.67. The topological polar surface area (TPSA) is 71.3 Å². The number of furan rings is 1. The van der Waals surface area contributed by atoms with Gasteiger partial charge in [0.2, 0.25) is 5.91 Å². The number of anilines is 2. The summed E-state index contributed by atoms with van der Waals surface area (Å²) in [4.78, 5) is 24.1. The summed E-state index contributed by atoms with van der Waals surface area (Å²) in [5.74, 6) is -0.319. The fourth-order valence-electron chi connectivity index (χ4n) is 2.69. The quantitative estimate of drug-likeness (QED) is 0.690. The first-order valence-corrected chi connectivity index (χ1v) is 8.67. The minimum absolute atomic E-state index is 0.0306. The van der Waals surface area contributed by atoms with Crippen LogP contribution in [-0.2, 0) is 4.79 Å². The Morgan fingerprint density at radius 1 is 0.889 bits per heavy atom. The van der Waals surface area contributed by atoms with Crippen molar-refractivity contribution in [2.75, 3.05) is 10.6 Å². The Kier molecular flexibility index (Phi) is 4.46. The molecule has 1 aliphatic carbocycles. The molecule has 0 aliphatic heterocycles. The van der Waals surface area contributed by atoms with Gasteiger partial charge in [0.05, 0.1) is 5.56 Å². The molecule has 0 radical (unpaired) electrons. The molecule has 0 unspecified atom stereocenters. The second kappa shape index (κ2) is 7.07. The second-order valence-corrected chi connectivity index (χ2v) is 6.44. The Bertz CT molecular complexity index is 991. The summed E-state index contributed by atoms with van der Waals surface area (Å²) in [5, 5.41) is 5.55. The summed E-state index contributed by atoms with van der Waals surface area (Å²) < 4.78 is 19.3. The molecule has 4 rings (SSSR count). The van der Waals surface area contributed by atoms with Crippen LogP contribution in [0.2, 0.25) is 0 Å². The Morgan fingerprint density at radius 2 is 1.56 bits per heavy atom. The molecule has 1 saturated carbocycles. The van der Waals surface area contributed by atoms with Crippen molar-refractivity contribution in [3.8, 4) is 11.3 Å². The molecule has 2 aromatic carbocycles. The van der Waals surface area contributed by atoms with Crippen molar-refractivity contribution in [1.82, 2.24) is 0 Å². The first-order chi connectivity index (χ1) is 13.1. The lowest BCUT2D eigenvalue weighted by molar-refractivity contribution is -0.117. The van der Waals surface area contributed by atoms with Crippen LogP contribution in [0.1, 0.15) is 23.4 Å². The molecule has 1 heterocycles. The van der Waals surface area contributed by atoms with Gasteiger partial charge in [0, 0.05) is 17.3 Å². The standard InChI is InChI=1S/C21H17FN2O3/c22-17-4-2-1-3-16(17)18-11-12-19(27-18)21(26)24-15-9-7-14(8-10-15)23-20(25)13-5-6-13/h1-4,7-13H,5-6H2,(H,23,25)(H,24,26). The number of hydrogen-bond donors (Lipinski definition) is 2. The maximum absolute atomic E-state index is 13.8. The van der Waals surface area contributed by atoms with Crippen LogP contribution >= 0.6 is 0 Å². The Hall–Kier alpha value is -3.41. The summed E-state index contributed by atoms with van der Waals surface area (Å²) in [5.41, 5.74) is 1.55. The van der Waals surface area contributed by atoms with E-state index in [-0.39, 0.29) is 23.3 Å². The van der Waals surface area contributed by atoms with E-state index in [0.29, 0.717) is 16.9 Å². The van der Waals surface area contributed by atoms with Gasteiger partial charge in [-0.3, -0.25) is 9.59 Å². The SMILES string of the molecule is O=C(Nc1ccc(NC(=O)C2CC2)cc1)c1ccc(-c2ccccc2F)o1. The zero-order valence-electron chi connectivity index (χ0n) is 14.4. The van der Waals surface area contributed by atoms with Crippen molar-refractivity contribution < 1.29 is 18.4 Å². The normalized spacial score (nSPS) is 13.2. The molecule has 1 aliphatic rings. The average molecular weight is 364 g/mol. The van der Waals surface area contributed by atoms with Gasteiger partial charge in [0.25, 0.3) is 5.91 Å². The molecular formula is C21H17FN2O3. The minimum Gasteiger partial charge on any atom is -0.451 e. The Balaban J connectivity index is 1.42. The molecule has 2 amide bonds. The molecule has 0 saturated heterocycles. The molecule has 27 heavy (non-hydrogen) atoms. The lowest BCUT2D eigenvalue weighted by Gasteiger charge is -2.07. The van der Waals surface area contributed by atoms with Gasteiger partial charge in [0.15, 0.2) is 5.76 Å². The lowest BCUT2D eigenvalue weighted by Crippen LogP contribution is -2.13. The van der Waals surface area contributed by atoms with E-state index in [1.807, 2.05) is 0 Å². The largest absolute Gasteiger partial charge is 0.451 e. The second-order valence-electron chi connectivity index (χ2n) is 6.44. The van der Waals surface area contributed by atoms with Crippen molar-refractivity contribution in [3.63, 3.8) is 0 Å². The Morgan fingerprint density at radius 3 is 2.22 bits per heavy atom. The zero-order chi connectivity index (χ0) is 18.8. The maximum Gasteiger partial charge on any atom is 0.291 e. The van der Waals surface area contributed by atoms with Gasteiger partial charge in [-0.15, -0.1) is 0 Å². The summed E-state index contributed by atoms with van der Waals surface area (Å²) in [7, 11) is 0. The number of hydrogen-bond acceptors (Lipinski definition) is 3. The Labute approximate surface area is 155 Å². The number of nitrogens with one attached hydrogen (secondary N) is 2. The molecule has 3 aromatic rings. The van der Waals surface area contributed by atoms with Gasteiger partial charge in [0.1, 0.15) is 11.6 Å². The number of halogens is 1. The molecule has 2 N–H and O–H groups in total. The van der Waals surface area contributed by atoms with Gasteiger partial charge in [-0.1, -0.05) is 12.1 Å². The number of carbonyl (C=O) groups excluding carboxylic acids is 2. The van der Waals surface area contributed by atoms with Crippen molar-refractivity contribution in [2.45, 2.75) is 12.8 Å². The third-order valence-corrected chi connectivity index (χ3v) is 4.33. The summed E-state index contributed by atoms with van der Waals surface area (Å²) in [6, 6.07) is 16.1. The third-order valence-electron chi connectivity index (χ3n) is 4.33. The predicted molar refractivity (Wildman–Crippen MR) is 99.9 cm³/mol. The van der Waals surface area contributed by atoms with E-state index in [1.165, 1.54) is 12.1 Å². The van der Waals surface area contributed by atoms with Crippen LogP contribution < -0.4 is 10.6 Å². The van der Waals surface area contributed by atoms with Crippen molar-refractivity contribution in [1.29, 1.82) is 0 Å². The van der Waals surface area contributed by atoms with Crippen LogP contribution in [0.3, 0.4) is 0 Å². The third kappa shape index (κ3) is 3.89. The number of carbonyl (C=O) groups is 2. The van der Waals surface area contributed by atoms with Crippen LogP contribution in [0.25, 0.3) is 11.3 Å². The van der Waals surface area contributed by atoms with E-state index in [4.69, 9.17) is 4.42 Å². The van der Waals surface area contributed by atoms with Crippen molar-refractivity contribution in [3.05, 3.63) is 72.2 Å². The van der Waals surface area contributed by atoms with Gasteiger partial charge in [-0.2, -0.15) is 0 Å². The van der Waals surface area contributed by atoms with Crippen LogP contribution in [0, 0.1) is 11.7 Å². The molecule has 0 atom stereocenters. The molecule has 0 bridgehead atoms. The van der Waals surface area contributed by atoms with Crippen molar-refractivity contribution >= 4 is 23.2 Å². The highest BCUT2D eigenvalue weighted by molar-refractivity contribution is 6.02. The summed E-state index contributed by atoms with van der Waals surface area (Å²) >= 11 is 0. The molecule has 6 heteroatoms. The highest BCUT2D eigenvalue weighted by atomic mass is 19.1. The van der Waals surface area contributed by atoms with E-state index in [9.17, 15) is 14.0 Å². The van der Waals surface area contributed by atoms with E-state index in [0.717, 1.165) is 12.8 Å². The zero-order valence-corrected chi connectivity index (χ0v) is 14.4. The van der Waals surface area contributed by atoms with Crippen LogP contribution in [0.5, 0.6) is 0 Å². The smallest absolute Gasteiger partial charge is 0.291 e. The van der Waals surface area contributed by atoms with Gasteiger partial charge in [-0.05, 0) is 61.4 Å². The van der Waals surface area contributed by atoms with Gasteiger partial charge < -0.3 is 15.1 Å². The lowest BCUT2D eigenvalue weighted by atomic mass is 10.1.